The minimum atomic E-state index is -0.968. The topological polar surface area (TPSA) is 114 Å². The summed E-state index contributed by atoms with van der Waals surface area (Å²) in [5.74, 6) is -0.813. The Morgan fingerprint density at radius 2 is 1.62 bits per heavy atom. The highest BCUT2D eigenvalue weighted by Crippen LogP contribution is 2.29. The van der Waals surface area contributed by atoms with Gasteiger partial charge in [0.2, 0.25) is 11.8 Å². The standard InChI is InChI=1S/C30H49N3O6/c1-11-38-25(34)16-17-31-27(35)26(24-15-13-20(4)21(5)18-24)33(22(6)14-12-19(2)3)28(36)23(7)32-29(37)39-30(8,9)10/h13,15,18-19,22-23,26H,11-12,14,16-17H2,1-10H3,(H,31,35)(H,32,37). The van der Waals surface area contributed by atoms with Crippen molar-refractivity contribution in [2.45, 2.75) is 112 Å². The number of carbonyl (C=O) groups is 4. The summed E-state index contributed by atoms with van der Waals surface area (Å²) in [5.41, 5.74) is 1.98. The summed E-state index contributed by atoms with van der Waals surface area (Å²) in [7, 11) is 0. The number of alkyl carbamates (subject to hydrolysis) is 1. The summed E-state index contributed by atoms with van der Waals surface area (Å²) in [6.07, 6.45) is 0.829. The lowest BCUT2D eigenvalue weighted by atomic mass is 9.95. The Kier molecular flexibility index (Phi) is 13.5. The Labute approximate surface area is 234 Å². The minimum absolute atomic E-state index is 0.0205. The SMILES string of the molecule is CCOC(=O)CCNC(=O)C(c1ccc(C)c(C)c1)N(C(=O)C(C)NC(=O)OC(C)(C)C)C(C)CCC(C)C. The van der Waals surface area contributed by atoms with Crippen molar-refractivity contribution in [2.75, 3.05) is 13.2 Å². The average molecular weight is 548 g/mol. The van der Waals surface area contributed by atoms with Crippen molar-refractivity contribution in [2.24, 2.45) is 5.92 Å². The lowest BCUT2D eigenvalue weighted by molar-refractivity contribution is -0.145. The molecule has 2 N–H and O–H groups in total. The molecule has 0 fully saturated rings. The van der Waals surface area contributed by atoms with Gasteiger partial charge in [-0.2, -0.15) is 0 Å². The van der Waals surface area contributed by atoms with Crippen molar-refractivity contribution in [3.05, 3.63) is 34.9 Å². The molecule has 3 atom stereocenters. The molecule has 0 saturated carbocycles. The van der Waals surface area contributed by atoms with Gasteiger partial charge in [-0.3, -0.25) is 14.4 Å². The zero-order valence-corrected chi connectivity index (χ0v) is 25.5. The summed E-state index contributed by atoms with van der Waals surface area (Å²) in [6, 6.07) is 3.45. The zero-order valence-electron chi connectivity index (χ0n) is 25.5. The third-order valence-corrected chi connectivity index (χ3v) is 6.30. The number of aryl methyl sites for hydroxylation is 2. The van der Waals surface area contributed by atoms with Crippen LogP contribution in [0.25, 0.3) is 0 Å². The van der Waals surface area contributed by atoms with Gasteiger partial charge in [-0.15, -0.1) is 0 Å². The maximum absolute atomic E-state index is 14.0. The number of nitrogens with zero attached hydrogens (tertiary/aromatic N) is 1. The molecule has 9 nitrogen and oxygen atoms in total. The number of carbonyl (C=O) groups excluding carboxylic acids is 4. The van der Waals surface area contributed by atoms with E-state index in [-0.39, 0.29) is 25.6 Å². The molecule has 0 aliphatic heterocycles. The first kappa shape index (κ1) is 33.9. The van der Waals surface area contributed by atoms with Gasteiger partial charge in [-0.1, -0.05) is 32.0 Å². The van der Waals surface area contributed by atoms with Crippen molar-refractivity contribution in [3.8, 4) is 0 Å². The van der Waals surface area contributed by atoms with Crippen LogP contribution in [-0.4, -0.2) is 59.6 Å². The molecule has 0 heterocycles. The minimum Gasteiger partial charge on any atom is -0.466 e. The normalized spacial score (nSPS) is 13.7. The van der Waals surface area contributed by atoms with E-state index in [2.05, 4.69) is 24.5 Å². The van der Waals surface area contributed by atoms with Crippen LogP contribution in [0.5, 0.6) is 0 Å². The molecule has 1 rings (SSSR count). The predicted molar refractivity (Wildman–Crippen MR) is 152 cm³/mol. The van der Waals surface area contributed by atoms with E-state index in [1.165, 1.54) is 0 Å². The van der Waals surface area contributed by atoms with Crippen LogP contribution in [0.4, 0.5) is 4.79 Å². The molecule has 1 aromatic rings. The van der Waals surface area contributed by atoms with Gasteiger partial charge in [0.05, 0.1) is 13.0 Å². The monoisotopic (exact) mass is 547 g/mol. The molecule has 0 aliphatic rings. The van der Waals surface area contributed by atoms with Crippen LogP contribution >= 0.6 is 0 Å². The van der Waals surface area contributed by atoms with Gasteiger partial charge in [-0.05, 0) is 90.8 Å². The number of hydrogen-bond acceptors (Lipinski definition) is 6. The molecule has 0 aromatic heterocycles. The number of ether oxygens (including phenoxy) is 2. The molecule has 0 radical (unpaired) electrons. The second-order valence-electron chi connectivity index (χ2n) is 11.5. The highest BCUT2D eigenvalue weighted by atomic mass is 16.6. The van der Waals surface area contributed by atoms with Crippen molar-refractivity contribution >= 4 is 23.9 Å². The van der Waals surface area contributed by atoms with Crippen molar-refractivity contribution < 1.29 is 28.7 Å². The third-order valence-electron chi connectivity index (χ3n) is 6.30. The number of amides is 3. The van der Waals surface area contributed by atoms with E-state index in [4.69, 9.17) is 9.47 Å². The lowest BCUT2D eigenvalue weighted by Crippen LogP contribution is -2.54. The fraction of sp³-hybridized carbons (Fsp3) is 0.667. The van der Waals surface area contributed by atoms with Gasteiger partial charge in [0, 0.05) is 12.6 Å². The Bertz CT molecular complexity index is 985. The smallest absolute Gasteiger partial charge is 0.408 e. The van der Waals surface area contributed by atoms with Gasteiger partial charge in [0.15, 0.2) is 0 Å². The van der Waals surface area contributed by atoms with Crippen molar-refractivity contribution in [1.82, 2.24) is 15.5 Å². The number of nitrogens with one attached hydrogen (secondary N) is 2. The molecule has 3 unspecified atom stereocenters. The van der Waals surface area contributed by atoms with Gasteiger partial charge >= 0.3 is 12.1 Å². The van der Waals surface area contributed by atoms with E-state index in [1.807, 2.05) is 39.0 Å². The number of hydrogen-bond donors (Lipinski definition) is 2. The van der Waals surface area contributed by atoms with Crippen molar-refractivity contribution in [3.63, 3.8) is 0 Å². The van der Waals surface area contributed by atoms with E-state index in [0.717, 1.165) is 17.5 Å². The molecule has 0 spiro atoms. The molecule has 220 valence electrons. The van der Waals surface area contributed by atoms with E-state index >= 15 is 0 Å². The Morgan fingerprint density at radius 3 is 2.15 bits per heavy atom. The quantitative estimate of drug-likeness (QED) is 0.337. The molecular weight excluding hydrogens is 498 g/mol. The van der Waals surface area contributed by atoms with Crippen LogP contribution in [0, 0.1) is 19.8 Å². The molecular formula is C30H49N3O6. The van der Waals surface area contributed by atoms with E-state index in [0.29, 0.717) is 17.9 Å². The molecule has 9 heteroatoms. The maximum Gasteiger partial charge on any atom is 0.408 e. The second kappa shape index (κ2) is 15.5. The van der Waals surface area contributed by atoms with Gasteiger partial charge < -0.3 is 25.0 Å². The van der Waals surface area contributed by atoms with Crippen molar-refractivity contribution in [1.29, 1.82) is 0 Å². The van der Waals surface area contributed by atoms with Crippen LogP contribution in [0.1, 0.15) is 97.4 Å². The molecule has 3 amide bonds. The number of rotatable bonds is 13. The lowest BCUT2D eigenvalue weighted by Gasteiger charge is -2.38. The number of esters is 1. The van der Waals surface area contributed by atoms with Crippen LogP contribution in [0.2, 0.25) is 0 Å². The first-order valence-electron chi connectivity index (χ1n) is 13.9. The second-order valence-corrected chi connectivity index (χ2v) is 11.5. The molecule has 0 bridgehead atoms. The average Bonchev–Trinajstić information content (AvgIpc) is 2.81. The Hall–Kier alpha value is -3.10. The molecule has 0 saturated heterocycles. The molecule has 1 aromatic carbocycles. The Balaban J connectivity index is 3.44. The maximum atomic E-state index is 14.0. The summed E-state index contributed by atoms with van der Waals surface area (Å²) < 4.78 is 10.3. The largest absolute Gasteiger partial charge is 0.466 e. The molecule has 39 heavy (non-hydrogen) atoms. The fourth-order valence-electron chi connectivity index (χ4n) is 4.07. The highest BCUT2D eigenvalue weighted by Gasteiger charge is 2.37. The van der Waals surface area contributed by atoms with Crippen LogP contribution in [-0.2, 0) is 23.9 Å². The first-order valence-corrected chi connectivity index (χ1v) is 13.9. The fourth-order valence-corrected chi connectivity index (χ4v) is 4.07. The summed E-state index contributed by atoms with van der Waals surface area (Å²) in [6.45, 7) is 18.9. The number of benzene rings is 1. The van der Waals surface area contributed by atoms with Gasteiger partial charge in [0.25, 0.3) is 0 Å². The van der Waals surface area contributed by atoms with E-state index in [1.54, 1.807) is 39.5 Å². The summed E-state index contributed by atoms with van der Waals surface area (Å²) in [5, 5.41) is 5.45. The van der Waals surface area contributed by atoms with Gasteiger partial charge in [0.1, 0.15) is 17.7 Å². The van der Waals surface area contributed by atoms with E-state index < -0.39 is 41.6 Å². The van der Waals surface area contributed by atoms with Crippen LogP contribution in [0.3, 0.4) is 0 Å². The highest BCUT2D eigenvalue weighted by molar-refractivity contribution is 5.92. The van der Waals surface area contributed by atoms with Crippen LogP contribution < -0.4 is 10.6 Å². The molecule has 0 aliphatic carbocycles. The van der Waals surface area contributed by atoms with Gasteiger partial charge in [-0.25, -0.2) is 4.79 Å². The Morgan fingerprint density at radius 1 is 0.974 bits per heavy atom. The third kappa shape index (κ3) is 11.7. The van der Waals surface area contributed by atoms with E-state index in [9.17, 15) is 19.2 Å². The first-order chi connectivity index (χ1) is 18.1. The summed E-state index contributed by atoms with van der Waals surface area (Å²) >= 11 is 0. The zero-order chi connectivity index (χ0) is 29.9. The predicted octanol–water partition coefficient (Wildman–Crippen LogP) is 4.98. The summed E-state index contributed by atoms with van der Waals surface area (Å²) in [4.78, 5) is 53.6. The van der Waals surface area contributed by atoms with Crippen LogP contribution in [0.15, 0.2) is 18.2 Å².